The van der Waals surface area contributed by atoms with Crippen LogP contribution in [-0.4, -0.2) is 51.3 Å². The van der Waals surface area contributed by atoms with Crippen molar-refractivity contribution in [2.75, 3.05) is 25.5 Å². The SMILES string of the molecule is CN1C(=O)C2(c3cc(Cl)ccc31)N(C)CC(c1ccco1)C21SC(=S)N(Cc2ccco2)C1=O. The molecule has 3 unspecified atom stereocenters. The number of hydrogen-bond acceptors (Lipinski definition) is 7. The molecule has 1 aromatic carbocycles. The maximum absolute atomic E-state index is 14.5. The normalized spacial score (nSPS) is 28.8. The third kappa shape index (κ3) is 2.55. The number of thiocarbonyl (C=S) groups is 1. The maximum Gasteiger partial charge on any atom is 0.254 e. The van der Waals surface area contributed by atoms with Crippen LogP contribution in [0.3, 0.4) is 0 Å². The minimum Gasteiger partial charge on any atom is -0.469 e. The molecule has 2 fully saturated rings. The van der Waals surface area contributed by atoms with Crippen molar-refractivity contribution in [3.05, 3.63) is 77.1 Å². The number of benzene rings is 1. The summed E-state index contributed by atoms with van der Waals surface area (Å²) in [4.78, 5) is 33.9. The lowest BCUT2D eigenvalue weighted by atomic mass is 9.73. The predicted molar refractivity (Wildman–Crippen MR) is 133 cm³/mol. The number of carbonyl (C=O) groups is 2. The fourth-order valence-corrected chi connectivity index (χ4v) is 8.08. The minimum atomic E-state index is -1.32. The second-order valence-electron chi connectivity index (χ2n) is 8.76. The number of likely N-dealkylation sites (N-methyl/N-ethyl adjacent to an activating group) is 2. The Hall–Kier alpha value is -2.59. The summed E-state index contributed by atoms with van der Waals surface area (Å²) in [5, 5.41) is 0.497. The summed E-state index contributed by atoms with van der Waals surface area (Å²) in [6.07, 6.45) is 3.15. The number of anilines is 1. The van der Waals surface area contributed by atoms with Gasteiger partial charge < -0.3 is 13.7 Å². The molecule has 0 N–H and O–H groups in total. The molecule has 2 saturated heterocycles. The maximum atomic E-state index is 14.5. The Morgan fingerprint density at radius 2 is 1.88 bits per heavy atom. The number of halogens is 1. The van der Waals surface area contributed by atoms with Crippen LogP contribution in [0.15, 0.2) is 63.8 Å². The second-order valence-corrected chi connectivity index (χ2v) is 11.1. The molecule has 2 amide bonds. The van der Waals surface area contributed by atoms with Gasteiger partial charge in [0.1, 0.15) is 20.6 Å². The lowest BCUT2D eigenvalue weighted by molar-refractivity contribution is -0.139. The monoisotopic (exact) mass is 513 g/mol. The number of nitrogens with zero attached hydrogens (tertiary/aromatic N) is 3. The van der Waals surface area contributed by atoms with E-state index in [-0.39, 0.29) is 18.4 Å². The van der Waals surface area contributed by atoms with E-state index in [1.165, 1.54) is 11.8 Å². The fraction of sp³-hybridized carbons (Fsp3) is 0.292. The van der Waals surface area contributed by atoms with Gasteiger partial charge in [0.05, 0.1) is 25.0 Å². The fourth-order valence-electron chi connectivity index (χ4n) is 5.80. The van der Waals surface area contributed by atoms with Crippen LogP contribution in [0.25, 0.3) is 0 Å². The molecule has 3 aliphatic heterocycles. The molecule has 5 heterocycles. The summed E-state index contributed by atoms with van der Waals surface area (Å²) in [6.45, 7) is 0.617. The van der Waals surface area contributed by atoms with E-state index in [2.05, 4.69) is 0 Å². The first kappa shape index (κ1) is 21.9. The number of carbonyl (C=O) groups excluding carboxylic acids is 2. The van der Waals surface area contributed by atoms with Gasteiger partial charge in [-0.25, -0.2) is 0 Å². The van der Waals surface area contributed by atoms with E-state index in [0.29, 0.717) is 33.0 Å². The number of rotatable bonds is 3. The smallest absolute Gasteiger partial charge is 0.254 e. The standard InChI is InChI=1S/C24H20ClN3O4S2/c1-26-13-17(19-6-4-10-32-19)24(21(30)28(22(33)34-24)12-15-5-3-9-31-15)23(26)16-11-14(25)7-8-18(16)27(2)20(23)29/h3-11,17H,12-13H2,1-2H3. The average Bonchev–Trinajstić information content (AvgIpc) is 3.61. The van der Waals surface area contributed by atoms with Crippen LogP contribution in [0.2, 0.25) is 5.02 Å². The highest BCUT2D eigenvalue weighted by atomic mass is 35.5. The summed E-state index contributed by atoms with van der Waals surface area (Å²) in [5.41, 5.74) is 0.112. The molecule has 6 rings (SSSR count). The molecular formula is C24H20ClN3O4S2. The van der Waals surface area contributed by atoms with E-state index in [9.17, 15) is 9.59 Å². The van der Waals surface area contributed by atoms with E-state index >= 15 is 0 Å². The van der Waals surface area contributed by atoms with E-state index in [1.54, 1.807) is 59.7 Å². The number of fused-ring (bicyclic) bond motifs is 3. The van der Waals surface area contributed by atoms with Gasteiger partial charge in [-0.1, -0.05) is 35.6 Å². The molecule has 7 nitrogen and oxygen atoms in total. The Morgan fingerprint density at radius 3 is 2.59 bits per heavy atom. The number of thioether (sulfide) groups is 1. The van der Waals surface area contributed by atoms with E-state index in [1.807, 2.05) is 24.1 Å². The van der Waals surface area contributed by atoms with E-state index in [0.717, 1.165) is 5.69 Å². The van der Waals surface area contributed by atoms with Crippen LogP contribution in [0.1, 0.15) is 23.0 Å². The van der Waals surface area contributed by atoms with Gasteiger partial charge in [-0.2, -0.15) is 0 Å². The Labute approximate surface area is 210 Å². The summed E-state index contributed by atoms with van der Waals surface area (Å²) < 4.78 is 10.5. The van der Waals surface area contributed by atoms with Gasteiger partial charge in [-0.05, 0) is 49.5 Å². The van der Waals surface area contributed by atoms with Crippen LogP contribution < -0.4 is 4.90 Å². The third-order valence-corrected chi connectivity index (χ3v) is 9.37. The molecule has 3 aliphatic rings. The van der Waals surface area contributed by atoms with Gasteiger partial charge in [0.15, 0.2) is 5.54 Å². The predicted octanol–water partition coefficient (Wildman–Crippen LogP) is 4.23. The van der Waals surface area contributed by atoms with E-state index < -0.39 is 16.2 Å². The van der Waals surface area contributed by atoms with Gasteiger partial charge in [-0.15, -0.1) is 0 Å². The summed E-state index contributed by atoms with van der Waals surface area (Å²) >= 11 is 13.5. The second kappa shape index (κ2) is 7.45. The van der Waals surface area contributed by atoms with Crippen LogP contribution in [-0.2, 0) is 21.7 Å². The molecule has 3 aromatic rings. The number of likely N-dealkylation sites (tertiary alicyclic amines) is 1. The summed E-state index contributed by atoms with van der Waals surface area (Å²) in [7, 11) is 3.60. The van der Waals surface area contributed by atoms with Crippen molar-refractivity contribution in [2.24, 2.45) is 0 Å². The highest BCUT2D eigenvalue weighted by Gasteiger charge is 2.79. The topological polar surface area (TPSA) is 70.1 Å². The van der Waals surface area contributed by atoms with Crippen LogP contribution in [0.5, 0.6) is 0 Å². The molecule has 0 radical (unpaired) electrons. The largest absolute Gasteiger partial charge is 0.469 e. The zero-order valence-corrected chi connectivity index (χ0v) is 20.7. The van der Waals surface area contributed by atoms with Gasteiger partial charge in [-0.3, -0.25) is 19.4 Å². The Kier molecular flexibility index (Phi) is 4.80. The minimum absolute atomic E-state index is 0.190. The zero-order valence-electron chi connectivity index (χ0n) is 18.4. The van der Waals surface area contributed by atoms with Crippen molar-refractivity contribution >= 4 is 57.4 Å². The first-order valence-electron chi connectivity index (χ1n) is 10.7. The Balaban J connectivity index is 1.61. The molecule has 10 heteroatoms. The lowest BCUT2D eigenvalue weighted by Crippen LogP contribution is -2.62. The average molecular weight is 514 g/mol. The number of amides is 2. The Bertz CT molecular complexity index is 1330. The molecule has 0 bridgehead atoms. The number of hydrogen-bond donors (Lipinski definition) is 0. The molecule has 0 saturated carbocycles. The lowest BCUT2D eigenvalue weighted by Gasteiger charge is -2.41. The molecule has 174 valence electrons. The van der Waals surface area contributed by atoms with Gasteiger partial charge >= 0.3 is 0 Å². The van der Waals surface area contributed by atoms with Gasteiger partial charge in [0, 0.05) is 29.9 Å². The molecule has 2 spiro atoms. The molecule has 3 atom stereocenters. The quantitative estimate of drug-likeness (QED) is 0.485. The van der Waals surface area contributed by atoms with E-state index in [4.69, 9.17) is 32.7 Å². The summed E-state index contributed by atoms with van der Waals surface area (Å²) in [6, 6.07) is 12.6. The van der Waals surface area contributed by atoms with Gasteiger partial charge in [0.25, 0.3) is 5.91 Å². The van der Waals surface area contributed by atoms with Crippen LogP contribution in [0.4, 0.5) is 5.69 Å². The van der Waals surface area contributed by atoms with Crippen molar-refractivity contribution in [1.82, 2.24) is 9.80 Å². The first-order chi connectivity index (χ1) is 16.3. The van der Waals surface area contributed by atoms with Crippen LogP contribution in [0, 0.1) is 0 Å². The molecule has 34 heavy (non-hydrogen) atoms. The van der Waals surface area contributed by atoms with Crippen molar-refractivity contribution in [3.63, 3.8) is 0 Å². The van der Waals surface area contributed by atoms with Crippen molar-refractivity contribution in [3.8, 4) is 0 Å². The van der Waals surface area contributed by atoms with Crippen molar-refractivity contribution in [1.29, 1.82) is 0 Å². The van der Waals surface area contributed by atoms with Crippen LogP contribution >= 0.6 is 35.6 Å². The summed E-state index contributed by atoms with van der Waals surface area (Å²) in [5.74, 6) is 0.399. The molecule has 2 aromatic heterocycles. The third-order valence-electron chi connectivity index (χ3n) is 7.19. The highest BCUT2D eigenvalue weighted by molar-refractivity contribution is 8.25. The highest BCUT2D eigenvalue weighted by Crippen LogP contribution is 2.66. The van der Waals surface area contributed by atoms with Crippen molar-refractivity contribution < 1.29 is 18.4 Å². The Morgan fingerprint density at radius 1 is 1.12 bits per heavy atom. The number of furan rings is 2. The zero-order chi connectivity index (χ0) is 23.8. The van der Waals surface area contributed by atoms with Crippen molar-refractivity contribution in [2.45, 2.75) is 22.7 Å². The van der Waals surface area contributed by atoms with Gasteiger partial charge in [0.2, 0.25) is 5.91 Å². The molecular weight excluding hydrogens is 494 g/mol. The molecule has 0 aliphatic carbocycles. The first-order valence-corrected chi connectivity index (χ1v) is 12.3.